The number of aromatic nitrogens is 3. The van der Waals surface area contributed by atoms with Crippen molar-refractivity contribution in [3.8, 4) is 0 Å². The molecule has 1 aromatic heterocycles. The lowest BCUT2D eigenvalue weighted by molar-refractivity contribution is -0.0315. The molecule has 1 aromatic rings. The lowest BCUT2D eigenvalue weighted by atomic mass is 10.0. The zero-order chi connectivity index (χ0) is 37.9. The molecule has 0 amide bonds. The summed E-state index contributed by atoms with van der Waals surface area (Å²) in [7, 11) is 0. The third-order valence-electron chi connectivity index (χ3n) is 9.08. The van der Waals surface area contributed by atoms with Crippen molar-refractivity contribution >= 4 is 11.9 Å². The van der Waals surface area contributed by atoms with E-state index in [2.05, 4.69) is 29.3 Å². The van der Waals surface area contributed by atoms with Crippen LogP contribution in [0.3, 0.4) is 0 Å². The van der Waals surface area contributed by atoms with E-state index in [1.165, 1.54) is 103 Å². The van der Waals surface area contributed by atoms with Crippen molar-refractivity contribution < 1.29 is 47.5 Å². The van der Waals surface area contributed by atoms with Gasteiger partial charge in [-0.3, -0.25) is 0 Å². The topological polar surface area (TPSA) is 153 Å². The number of carbonyl (C=O) groups is 2. The van der Waals surface area contributed by atoms with Gasteiger partial charge in [0.15, 0.2) is 6.29 Å². The van der Waals surface area contributed by atoms with Crippen LogP contribution in [0.4, 0.5) is 0 Å². The van der Waals surface area contributed by atoms with Crippen molar-refractivity contribution in [2.24, 2.45) is 0 Å². The van der Waals surface area contributed by atoms with Gasteiger partial charge in [-0.05, 0) is 19.3 Å². The van der Waals surface area contributed by atoms with E-state index < -0.39 is 18.0 Å². The van der Waals surface area contributed by atoms with Crippen LogP contribution in [-0.4, -0.2) is 112 Å². The summed E-state index contributed by atoms with van der Waals surface area (Å²) in [4.78, 5) is 25.6. The van der Waals surface area contributed by atoms with Crippen molar-refractivity contribution in [3.05, 3.63) is 11.4 Å². The molecule has 53 heavy (non-hydrogen) atoms. The van der Waals surface area contributed by atoms with Gasteiger partial charge in [-0.1, -0.05) is 129 Å². The number of aromatic amines is 1. The minimum absolute atomic E-state index is 0.0149. The van der Waals surface area contributed by atoms with Gasteiger partial charge in [0.1, 0.15) is 19.3 Å². The van der Waals surface area contributed by atoms with Gasteiger partial charge in [0, 0.05) is 6.61 Å². The first-order chi connectivity index (χ1) is 26.2. The summed E-state index contributed by atoms with van der Waals surface area (Å²) in [6.45, 7) is 9.03. The van der Waals surface area contributed by atoms with E-state index in [4.69, 9.17) is 37.9 Å². The average Bonchev–Trinajstić information content (AvgIpc) is 3.86. The van der Waals surface area contributed by atoms with Crippen LogP contribution in [0.15, 0.2) is 0 Å². The Kier molecular flexibility index (Phi) is 30.4. The Hall–Kier alpha value is -2.16. The molecule has 0 spiro atoms. The highest BCUT2D eigenvalue weighted by molar-refractivity contribution is 6.00. The van der Waals surface area contributed by atoms with Crippen LogP contribution in [-0.2, 0) is 37.9 Å². The molecule has 2 atom stereocenters. The Morgan fingerprint density at radius 1 is 0.585 bits per heavy atom. The lowest BCUT2D eigenvalue weighted by Crippen LogP contribution is -2.26. The van der Waals surface area contributed by atoms with E-state index in [1.54, 1.807) is 0 Å². The van der Waals surface area contributed by atoms with Gasteiger partial charge < -0.3 is 37.9 Å². The maximum atomic E-state index is 13.0. The maximum Gasteiger partial charge on any atom is 0.361 e. The second kappa shape index (κ2) is 34.3. The SMILES string of the molecule is CCCCCCCCCCCCOCCOCCOCCOCCOC(=O)c1n[nH]nc1C(=O)OC(CCCCCCCCCCCC)COC1CO1. The maximum absolute atomic E-state index is 13.0. The normalized spacial score (nSPS) is 14.4. The van der Waals surface area contributed by atoms with Gasteiger partial charge in [-0.25, -0.2) is 9.59 Å². The van der Waals surface area contributed by atoms with Gasteiger partial charge in [-0.2, -0.15) is 5.21 Å². The number of ether oxygens (including phenoxy) is 8. The molecule has 0 saturated carbocycles. The highest BCUT2D eigenvalue weighted by Crippen LogP contribution is 2.18. The molecule has 1 N–H and O–H groups in total. The minimum Gasteiger partial charge on any atom is -0.458 e. The van der Waals surface area contributed by atoms with E-state index >= 15 is 0 Å². The standard InChI is InChI=1S/C40H73N3O10/c1-3-5-7-9-11-13-15-17-19-21-23-35(33-51-36-34-52-36)53-40(45)38-37(41-43-42-38)39(44)50-32-31-49-30-29-48-28-27-47-26-25-46-24-22-20-18-16-14-12-10-8-6-4-2/h35-36H,3-34H2,1-2H3,(H,41,42,43). The summed E-state index contributed by atoms with van der Waals surface area (Å²) < 4.78 is 43.9. The molecule has 1 saturated heterocycles. The van der Waals surface area contributed by atoms with Crippen molar-refractivity contribution in [3.63, 3.8) is 0 Å². The van der Waals surface area contributed by atoms with E-state index in [-0.39, 0.29) is 37.5 Å². The minimum atomic E-state index is -0.788. The van der Waals surface area contributed by atoms with E-state index in [0.29, 0.717) is 52.7 Å². The first-order valence-electron chi connectivity index (χ1n) is 21.0. The number of rotatable bonds is 40. The van der Waals surface area contributed by atoms with Crippen LogP contribution in [0.2, 0.25) is 0 Å². The Labute approximate surface area is 319 Å². The predicted octanol–water partition coefficient (Wildman–Crippen LogP) is 8.16. The van der Waals surface area contributed by atoms with Crippen molar-refractivity contribution in [2.45, 2.75) is 161 Å². The van der Waals surface area contributed by atoms with E-state index in [0.717, 1.165) is 32.3 Å². The number of unbranched alkanes of at least 4 members (excludes halogenated alkanes) is 18. The molecule has 2 unspecified atom stereocenters. The van der Waals surface area contributed by atoms with Gasteiger partial charge in [0.2, 0.25) is 11.4 Å². The molecule has 13 nitrogen and oxygen atoms in total. The largest absolute Gasteiger partial charge is 0.458 e. The Bertz CT molecular complexity index is 994. The van der Waals surface area contributed by atoms with Gasteiger partial charge >= 0.3 is 11.9 Å². The Balaban J connectivity index is 1.45. The number of esters is 2. The summed E-state index contributed by atoms with van der Waals surface area (Å²) in [5, 5.41) is 10.0. The fraction of sp³-hybridized carbons (Fsp3) is 0.900. The number of hydrogen-bond acceptors (Lipinski definition) is 12. The molecule has 13 heteroatoms. The number of carbonyl (C=O) groups excluding carboxylic acids is 2. The van der Waals surface area contributed by atoms with Crippen molar-refractivity contribution in [1.29, 1.82) is 0 Å². The molecule has 1 fully saturated rings. The second-order valence-electron chi connectivity index (χ2n) is 13.9. The molecular formula is C40H73N3O10. The molecule has 2 rings (SSSR count). The van der Waals surface area contributed by atoms with Crippen molar-refractivity contribution in [2.75, 3.05) is 72.7 Å². The Morgan fingerprint density at radius 3 is 1.49 bits per heavy atom. The lowest BCUT2D eigenvalue weighted by Gasteiger charge is -2.17. The molecular weight excluding hydrogens is 682 g/mol. The molecule has 0 aromatic carbocycles. The fourth-order valence-electron chi connectivity index (χ4n) is 5.82. The van der Waals surface area contributed by atoms with Crippen LogP contribution in [0.1, 0.15) is 170 Å². The fourth-order valence-corrected chi connectivity index (χ4v) is 5.82. The number of hydrogen-bond donors (Lipinski definition) is 1. The third kappa shape index (κ3) is 27.1. The van der Waals surface area contributed by atoms with Crippen LogP contribution < -0.4 is 0 Å². The highest BCUT2D eigenvalue weighted by Gasteiger charge is 2.29. The van der Waals surface area contributed by atoms with Crippen LogP contribution in [0, 0.1) is 0 Å². The van der Waals surface area contributed by atoms with Gasteiger partial charge in [0.25, 0.3) is 0 Å². The Morgan fingerprint density at radius 2 is 1.00 bits per heavy atom. The number of nitrogens with one attached hydrogen (secondary N) is 1. The smallest absolute Gasteiger partial charge is 0.361 e. The summed E-state index contributed by atoms with van der Waals surface area (Å²) in [6.07, 6.45) is 25.3. The van der Waals surface area contributed by atoms with Gasteiger partial charge in [0.05, 0.1) is 52.9 Å². The summed E-state index contributed by atoms with van der Waals surface area (Å²) in [5.74, 6) is -1.54. The molecule has 2 heterocycles. The van der Waals surface area contributed by atoms with Gasteiger partial charge in [-0.15, -0.1) is 10.2 Å². The van der Waals surface area contributed by atoms with Crippen LogP contribution in [0.25, 0.3) is 0 Å². The third-order valence-corrected chi connectivity index (χ3v) is 9.08. The monoisotopic (exact) mass is 756 g/mol. The zero-order valence-electron chi connectivity index (χ0n) is 33.3. The predicted molar refractivity (Wildman–Crippen MR) is 203 cm³/mol. The zero-order valence-corrected chi connectivity index (χ0v) is 33.3. The molecule has 1 aliphatic heterocycles. The molecule has 0 radical (unpaired) electrons. The van der Waals surface area contributed by atoms with E-state index in [1.807, 2.05) is 0 Å². The number of H-pyrrole nitrogens is 1. The van der Waals surface area contributed by atoms with E-state index in [9.17, 15) is 9.59 Å². The molecule has 308 valence electrons. The summed E-state index contributed by atoms with van der Waals surface area (Å²) >= 11 is 0. The van der Waals surface area contributed by atoms with Crippen molar-refractivity contribution in [1.82, 2.24) is 15.4 Å². The summed E-state index contributed by atoms with van der Waals surface area (Å²) in [5.41, 5.74) is -0.449. The molecule has 1 aliphatic rings. The highest BCUT2D eigenvalue weighted by atomic mass is 16.8. The quantitative estimate of drug-likeness (QED) is 0.0391. The number of nitrogens with zero attached hydrogens (tertiary/aromatic N) is 2. The first kappa shape index (κ1) is 47.0. The first-order valence-corrected chi connectivity index (χ1v) is 21.0. The average molecular weight is 756 g/mol. The summed E-state index contributed by atoms with van der Waals surface area (Å²) in [6, 6.07) is 0. The van der Waals surface area contributed by atoms with Crippen LogP contribution >= 0.6 is 0 Å². The second-order valence-corrected chi connectivity index (χ2v) is 13.9. The van der Waals surface area contributed by atoms with Crippen LogP contribution in [0.5, 0.6) is 0 Å². The number of epoxide rings is 1. The molecule has 0 aliphatic carbocycles. The molecule has 0 bridgehead atoms.